The molecule has 0 aliphatic rings. The number of hydrogen-bond acceptors (Lipinski definition) is 2. The lowest BCUT2D eigenvalue weighted by Crippen LogP contribution is -2.32. The van der Waals surface area contributed by atoms with Crippen molar-refractivity contribution in [3.63, 3.8) is 0 Å². The lowest BCUT2D eigenvalue weighted by molar-refractivity contribution is 0.0739. The van der Waals surface area contributed by atoms with Crippen molar-refractivity contribution in [3.8, 4) is 5.75 Å². The maximum absolute atomic E-state index is 13.6. The molecule has 0 fully saturated rings. The summed E-state index contributed by atoms with van der Waals surface area (Å²) in [4.78, 5) is 15.5. The van der Waals surface area contributed by atoms with Crippen LogP contribution in [-0.2, 0) is 6.54 Å². The van der Waals surface area contributed by atoms with Gasteiger partial charge in [0.1, 0.15) is 5.75 Å². The number of methoxy groups -OCH3 is 1. The van der Waals surface area contributed by atoms with Gasteiger partial charge in [0.15, 0.2) is 0 Å². The second-order valence-electron chi connectivity index (χ2n) is 8.24. The number of amides is 1. The second-order valence-corrected chi connectivity index (χ2v) is 9.16. The Kier molecular flexibility index (Phi) is 8.16. The summed E-state index contributed by atoms with van der Waals surface area (Å²) in [5.41, 5.74) is 4.28. The van der Waals surface area contributed by atoms with Gasteiger partial charge in [-0.25, -0.2) is 0 Å². The van der Waals surface area contributed by atoms with Gasteiger partial charge in [-0.05, 0) is 59.5 Å². The van der Waals surface area contributed by atoms with E-state index in [2.05, 4.69) is 64.5 Å². The molecule has 0 atom stereocenters. The van der Waals surface area contributed by atoms with Crippen molar-refractivity contribution in [2.75, 3.05) is 13.7 Å². The largest absolute Gasteiger partial charge is 0.497 e. The Morgan fingerprint density at radius 1 is 0.794 bits per heavy atom. The Hall–Kier alpha value is -3.37. The third-order valence-corrected chi connectivity index (χ3v) is 6.53. The van der Waals surface area contributed by atoms with E-state index in [1.165, 1.54) is 11.1 Å². The van der Waals surface area contributed by atoms with Gasteiger partial charge in [-0.15, -0.1) is 0 Å². The highest BCUT2D eigenvalue weighted by Gasteiger charge is 2.20. The number of rotatable bonds is 9. The van der Waals surface area contributed by atoms with Crippen LogP contribution in [0.5, 0.6) is 5.75 Å². The number of halogens is 1. The number of benzene rings is 4. The van der Waals surface area contributed by atoms with Crippen LogP contribution in [0, 0.1) is 0 Å². The molecule has 0 unspecified atom stereocenters. The average Bonchev–Trinajstić information content (AvgIpc) is 2.90. The summed E-state index contributed by atoms with van der Waals surface area (Å²) >= 11 is 3.46. The number of carbonyl (C=O) groups is 1. The van der Waals surface area contributed by atoms with Gasteiger partial charge in [0, 0.05) is 29.0 Å². The normalized spacial score (nSPS) is 10.8. The van der Waals surface area contributed by atoms with Gasteiger partial charge in [-0.1, -0.05) is 88.7 Å². The summed E-state index contributed by atoms with van der Waals surface area (Å²) in [5.74, 6) is 1.05. The zero-order valence-corrected chi connectivity index (χ0v) is 20.8. The van der Waals surface area contributed by atoms with Gasteiger partial charge in [-0.3, -0.25) is 4.79 Å². The first kappa shape index (κ1) is 23.8. The topological polar surface area (TPSA) is 29.5 Å². The Labute approximate surface area is 210 Å². The van der Waals surface area contributed by atoms with Crippen LogP contribution in [0.4, 0.5) is 0 Å². The molecule has 0 saturated heterocycles. The first-order valence-corrected chi connectivity index (χ1v) is 12.2. The molecule has 0 N–H and O–H groups in total. The predicted molar refractivity (Wildman–Crippen MR) is 141 cm³/mol. The van der Waals surface area contributed by atoms with Crippen LogP contribution in [0.1, 0.15) is 39.4 Å². The molecule has 0 heterocycles. The lowest BCUT2D eigenvalue weighted by Gasteiger charge is -2.26. The number of hydrogen-bond donors (Lipinski definition) is 0. The van der Waals surface area contributed by atoms with Gasteiger partial charge in [0.25, 0.3) is 5.91 Å². The summed E-state index contributed by atoms with van der Waals surface area (Å²) in [6.07, 6.45) is 0.826. The number of nitrogens with zero attached hydrogens (tertiary/aromatic N) is 1. The first-order valence-electron chi connectivity index (χ1n) is 11.4. The van der Waals surface area contributed by atoms with Gasteiger partial charge in [-0.2, -0.15) is 0 Å². The molecule has 0 bridgehead atoms. The highest BCUT2D eigenvalue weighted by Crippen LogP contribution is 2.29. The van der Waals surface area contributed by atoms with Gasteiger partial charge in [0.2, 0.25) is 0 Å². The molecule has 0 radical (unpaired) electrons. The number of carbonyl (C=O) groups excluding carboxylic acids is 1. The second kappa shape index (κ2) is 11.7. The fourth-order valence-corrected chi connectivity index (χ4v) is 4.42. The molecule has 0 aromatic heterocycles. The predicted octanol–water partition coefficient (Wildman–Crippen LogP) is 7.32. The van der Waals surface area contributed by atoms with Crippen molar-refractivity contribution in [1.29, 1.82) is 0 Å². The van der Waals surface area contributed by atoms with Gasteiger partial charge in [0.05, 0.1) is 7.11 Å². The third-order valence-electron chi connectivity index (χ3n) is 6.00. The quantitative estimate of drug-likeness (QED) is 0.234. The van der Waals surface area contributed by atoms with Crippen LogP contribution in [0.25, 0.3) is 0 Å². The van der Waals surface area contributed by atoms with E-state index in [9.17, 15) is 4.79 Å². The maximum Gasteiger partial charge on any atom is 0.254 e. The van der Waals surface area contributed by atoms with Crippen LogP contribution in [-0.4, -0.2) is 24.5 Å². The van der Waals surface area contributed by atoms with Gasteiger partial charge >= 0.3 is 0 Å². The van der Waals surface area contributed by atoms with E-state index >= 15 is 0 Å². The minimum atomic E-state index is 0.0307. The fraction of sp³-hybridized carbons (Fsp3) is 0.167. The SMILES string of the molecule is COc1ccc(CN(CCC(c2ccccc2)c2ccccc2)C(=O)c2ccc(Br)cc2)cc1. The Bertz CT molecular complexity index is 1140. The third kappa shape index (κ3) is 6.15. The Morgan fingerprint density at radius 3 is 1.88 bits per heavy atom. The molecule has 4 aromatic carbocycles. The highest BCUT2D eigenvalue weighted by molar-refractivity contribution is 9.10. The van der Waals surface area contributed by atoms with Crippen molar-refractivity contribution in [2.45, 2.75) is 18.9 Å². The maximum atomic E-state index is 13.6. The molecular weight excluding hydrogens is 486 g/mol. The summed E-state index contributed by atoms with van der Waals surface area (Å²) in [6.45, 7) is 1.17. The van der Waals surface area contributed by atoms with Crippen LogP contribution in [0.2, 0.25) is 0 Å². The lowest BCUT2D eigenvalue weighted by atomic mass is 9.88. The monoisotopic (exact) mass is 513 g/mol. The molecule has 0 saturated carbocycles. The summed E-state index contributed by atoms with van der Waals surface area (Å²) in [7, 11) is 1.66. The molecule has 0 spiro atoms. The highest BCUT2D eigenvalue weighted by atomic mass is 79.9. The van der Waals surface area contributed by atoms with Crippen LogP contribution in [0.15, 0.2) is 114 Å². The van der Waals surface area contributed by atoms with Crippen molar-refractivity contribution >= 4 is 21.8 Å². The summed E-state index contributed by atoms with van der Waals surface area (Å²) in [6, 6.07) is 36.6. The molecule has 0 aliphatic carbocycles. The van der Waals surface area contributed by atoms with Crippen molar-refractivity contribution in [3.05, 3.63) is 136 Å². The number of ether oxygens (including phenoxy) is 1. The average molecular weight is 514 g/mol. The molecule has 4 rings (SSSR count). The van der Waals surface area contributed by atoms with Crippen LogP contribution in [0.3, 0.4) is 0 Å². The molecular formula is C30H28BrNO2. The first-order chi connectivity index (χ1) is 16.6. The minimum Gasteiger partial charge on any atom is -0.497 e. The van der Waals surface area contributed by atoms with Gasteiger partial charge < -0.3 is 9.64 Å². The zero-order valence-electron chi connectivity index (χ0n) is 19.2. The smallest absolute Gasteiger partial charge is 0.254 e. The van der Waals surface area contributed by atoms with E-state index in [0.717, 1.165) is 22.2 Å². The summed E-state index contributed by atoms with van der Waals surface area (Å²) < 4.78 is 6.25. The molecule has 172 valence electrons. The molecule has 4 heteroatoms. The molecule has 34 heavy (non-hydrogen) atoms. The standard InChI is InChI=1S/C30H28BrNO2/c1-34-28-18-12-23(13-19-28)22-32(30(33)26-14-16-27(31)17-15-26)21-20-29(24-8-4-2-5-9-24)25-10-6-3-7-11-25/h2-19,29H,20-22H2,1H3. The summed E-state index contributed by atoms with van der Waals surface area (Å²) in [5, 5.41) is 0. The van der Waals surface area contributed by atoms with Crippen LogP contribution < -0.4 is 4.74 Å². The van der Waals surface area contributed by atoms with Crippen molar-refractivity contribution in [1.82, 2.24) is 4.90 Å². The van der Waals surface area contributed by atoms with E-state index in [1.807, 2.05) is 65.6 Å². The fourth-order valence-electron chi connectivity index (χ4n) is 4.16. The van der Waals surface area contributed by atoms with E-state index in [4.69, 9.17) is 4.74 Å². The molecule has 3 nitrogen and oxygen atoms in total. The van der Waals surface area contributed by atoms with E-state index in [-0.39, 0.29) is 11.8 Å². The van der Waals surface area contributed by atoms with E-state index in [1.54, 1.807) is 7.11 Å². The minimum absolute atomic E-state index is 0.0307. The zero-order chi connectivity index (χ0) is 23.8. The van der Waals surface area contributed by atoms with Crippen molar-refractivity contribution in [2.24, 2.45) is 0 Å². The Balaban J connectivity index is 1.60. The molecule has 1 amide bonds. The van der Waals surface area contributed by atoms with Crippen LogP contribution >= 0.6 is 15.9 Å². The molecule has 0 aliphatic heterocycles. The Morgan fingerprint density at radius 2 is 1.35 bits per heavy atom. The van der Waals surface area contributed by atoms with Crippen molar-refractivity contribution < 1.29 is 9.53 Å². The van der Waals surface area contributed by atoms with E-state index < -0.39 is 0 Å². The molecule has 4 aromatic rings. The van der Waals surface area contributed by atoms with E-state index in [0.29, 0.717) is 18.7 Å².